The van der Waals surface area contributed by atoms with E-state index in [1.165, 1.54) is 19.3 Å². The van der Waals surface area contributed by atoms with E-state index in [2.05, 4.69) is 10.1 Å². The molecule has 0 saturated heterocycles. The molecule has 2 rings (SSSR count). The number of amides is 1. The number of hydrogen-bond donors (Lipinski definition) is 1. The van der Waals surface area contributed by atoms with E-state index in [4.69, 9.17) is 5.26 Å². The lowest BCUT2D eigenvalue weighted by Crippen LogP contribution is -2.14. The Labute approximate surface area is 133 Å². The van der Waals surface area contributed by atoms with Gasteiger partial charge in [0.25, 0.3) is 5.91 Å². The lowest BCUT2D eigenvalue weighted by Gasteiger charge is -2.06. The zero-order chi connectivity index (χ0) is 16.7. The van der Waals surface area contributed by atoms with Crippen molar-refractivity contribution in [2.75, 3.05) is 12.4 Å². The Kier molecular flexibility index (Phi) is 5.26. The normalized spacial score (nSPS) is 10.5. The van der Waals surface area contributed by atoms with Gasteiger partial charge in [0, 0.05) is 5.69 Å². The number of ether oxygens (including phenoxy) is 1. The molecule has 5 heteroatoms. The summed E-state index contributed by atoms with van der Waals surface area (Å²) in [5.41, 5.74) is 1.45. The zero-order valence-corrected chi connectivity index (χ0v) is 12.4. The van der Waals surface area contributed by atoms with E-state index in [0.717, 1.165) is 5.56 Å². The SMILES string of the molecule is COC(=O)c1cccc(NC(=O)/C(C#N)=C/c2ccccc2)c1. The number of anilines is 1. The van der Waals surface area contributed by atoms with Crippen molar-refractivity contribution < 1.29 is 14.3 Å². The molecule has 2 aromatic carbocycles. The number of hydrogen-bond acceptors (Lipinski definition) is 4. The minimum atomic E-state index is -0.543. The molecule has 0 spiro atoms. The van der Waals surface area contributed by atoms with Gasteiger partial charge >= 0.3 is 5.97 Å². The van der Waals surface area contributed by atoms with Crippen molar-refractivity contribution in [1.82, 2.24) is 0 Å². The Morgan fingerprint density at radius 1 is 1.13 bits per heavy atom. The highest BCUT2D eigenvalue weighted by Crippen LogP contribution is 2.14. The predicted octanol–water partition coefficient (Wildman–Crippen LogP) is 3.02. The first-order valence-corrected chi connectivity index (χ1v) is 6.80. The number of carbonyl (C=O) groups is 2. The largest absolute Gasteiger partial charge is 0.465 e. The molecule has 0 aliphatic heterocycles. The second kappa shape index (κ2) is 7.57. The summed E-state index contributed by atoms with van der Waals surface area (Å²) < 4.78 is 4.63. The predicted molar refractivity (Wildman–Crippen MR) is 86.4 cm³/mol. The van der Waals surface area contributed by atoms with Crippen molar-refractivity contribution >= 4 is 23.6 Å². The second-order valence-corrected chi connectivity index (χ2v) is 4.61. The van der Waals surface area contributed by atoms with Gasteiger partial charge < -0.3 is 10.1 Å². The van der Waals surface area contributed by atoms with Gasteiger partial charge in [-0.25, -0.2) is 4.79 Å². The molecule has 1 N–H and O–H groups in total. The quantitative estimate of drug-likeness (QED) is 0.535. The highest BCUT2D eigenvalue weighted by molar-refractivity contribution is 6.10. The summed E-state index contributed by atoms with van der Waals surface area (Å²) in [4.78, 5) is 23.7. The number of nitriles is 1. The lowest BCUT2D eigenvalue weighted by atomic mass is 10.1. The Balaban J connectivity index is 2.19. The zero-order valence-electron chi connectivity index (χ0n) is 12.4. The average Bonchev–Trinajstić information content (AvgIpc) is 2.60. The summed E-state index contributed by atoms with van der Waals surface area (Å²) >= 11 is 0. The van der Waals surface area contributed by atoms with Crippen LogP contribution in [0.25, 0.3) is 6.08 Å². The monoisotopic (exact) mass is 306 g/mol. The maximum Gasteiger partial charge on any atom is 0.337 e. The second-order valence-electron chi connectivity index (χ2n) is 4.61. The van der Waals surface area contributed by atoms with Gasteiger partial charge in [-0.15, -0.1) is 0 Å². The van der Waals surface area contributed by atoms with Crippen molar-refractivity contribution in [1.29, 1.82) is 5.26 Å². The number of carbonyl (C=O) groups excluding carboxylic acids is 2. The standard InChI is InChI=1S/C18H14N2O3/c1-23-18(22)14-8-5-9-16(11-14)20-17(21)15(12-19)10-13-6-3-2-4-7-13/h2-11H,1H3,(H,20,21)/b15-10+. The van der Waals surface area contributed by atoms with Crippen LogP contribution in [0.3, 0.4) is 0 Å². The minimum absolute atomic E-state index is 0.0281. The van der Waals surface area contributed by atoms with Crippen LogP contribution in [0.1, 0.15) is 15.9 Å². The third-order valence-corrected chi connectivity index (χ3v) is 3.02. The Morgan fingerprint density at radius 3 is 2.52 bits per heavy atom. The molecule has 0 atom stereocenters. The van der Waals surface area contributed by atoms with Crippen LogP contribution < -0.4 is 5.32 Å². The Morgan fingerprint density at radius 2 is 1.87 bits per heavy atom. The molecule has 5 nitrogen and oxygen atoms in total. The molecule has 0 unspecified atom stereocenters. The molecule has 0 heterocycles. The molecule has 0 aliphatic carbocycles. The van der Waals surface area contributed by atoms with E-state index in [1.54, 1.807) is 30.3 Å². The molecule has 0 bridgehead atoms. The van der Waals surface area contributed by atoms with Gasteiger partial charge in [0.05, 0.1) is 12.7 Å². The number of nitrogens with one attached hydrogen (secondary N) is 1. The number of methoxy groups -OCH3 is 1. The van der Waals surface area contributed by atoms with E-state index in [-0.39, 0.29) is 5.57 Å². The maximum absolute atomic E-state index is 12.2. The van der Waals surface area contributed by atoms with Gasteiger partial charge in [0.2, 0.25) is 0 Å². The first-order valence-electron chi connectivity index (χ1n) is 6.80. The first kappa shape index (κ1) is 16.0. The van der Waals surface area contributed by atoms with Crippen molar-refractivity contribution in [2.45, 2.75) is 0 Å². The fraction of sp³-hybridized carbons (Fsp3) is 0.0556. The molecule has 0 fully saturated rings. The fourth-order valence-electron chi connectivity index (χ4n) is 1.90. The number of nitrogens with zero attached hydrogens (tertiary/aromatic N) is 1. The van der Waals surface area contributed by atoms with Gasteiger partial charge in [-0.3, -0.25) is 4.79 Å². The van der Waals surface area contributed by atoms with Crippen molar-refractivity contribution in [2.24, 2.45) is 0 Å². The van der Waals surface area contributed by atoms with Crippen molar-refractivity contribution in [3.63, 3.8) is 0 Å². The summed E-state index contributed by atoms with van der Waals surface area (Å²) in [5.74, 6) is -1.04. The molecular weight excluding hydrogens is 292 g/mol. The van der Waals surface area contributed by atoms with E-state index < -0.39 is 11.9 Å². The number of benzene rings is 2. The number of esters is 1. The van der Waals surface area contributed by atoms with Crippen LogP contribution >= 0.6 is 0 Å². The molecule has 23 heavy (non-hydrogen) atoms. The summed E-state index contributed by atoms with van der Waals surface area (Å²) in [6, 6.07) is 17.3. The summed E-state index contributed by atoms with van der Waals surface area (Å²) in [6.45, 7) is 0. The van der Waals surface area contributed by atoms with Gasteiger partial charge in [-0.2, -0.15) is 5.26 Å². The molecule has 0 aliphatic rings. The Bertz CT molecular complexity index is 789. The third kappa shape index (κ3) is 4.29. The first-order chi connectivity index (χ1) is 11.1. The van der Waals surface area contributed by atoms with Crippen LogP contribution in [0.5, 0.6) is 0 Å². The van der Waals surface area contributed by atoms with Gasteiger partial charge in [0.15, 0.2) is 0 Å². The topological polar surface area (TPSA) is 79.2 Å². The van der Waals surface area contributed by atoms with E-state index in [0.29, 0.717) is 11.3 Å². The lowest BCUT2D eigenvalue weighted by molar-refractivity contribution is -0.112. The highest BCUT2D eigenvalue weighted by Gasteiger charge is 2.11. The highest BCUT2D eigenvalue weighted by atomic mass is 16.5. The smallest absolute Gasteiger partial charge is 0.337 e. The van der Waals surface area contributed by atoms with Gasteiger partial charge in [0.1, 0.15) is 11.6 Å². The summed E-state index contributed by atoms with van der Waals surface area (Å²) in [7, 11) is 1.28. The summed E-state index contributed by atoms with van der Waals surface area (Å²) in [5, 5.41) is 11.8. The van der Waals surface area contributed by atoms with Crippen LogP contribution in [0.15, 0.2) is 60.2 Å². The number of rotatable bonds is 4. The van der Waals surface area contributed by atoms with Crippen molar-refractivity contribution in [3.05, 3.63) is 71.3 Å². The molecule has 2 aromatic rings. The average molecular weight is 306 g/mol. The van der Waals surface area contributed by atoms with Crippen LogP contribution in [0, 0.1) is 11.3 Å². The molecule has 114 valence electrons. The van der Waals surface area contributed by atoms with Crippen molar-refractivity contribution in [3.8, 4) is 6.07 Å². The molecule has 0 radical (unpaired) electrons. The van der Waals surface area contributed by atoms with Gasteiger partial charge in [-0.05, 0) is 29.8 Å². The van der Waals surface area contributed by atoms with Gasteiger partial charge in [-0.1, -0.05) is 36.4 Å². The third-order valence-electron chi connectivity index (χ3n) is 3.02. The molecule has 0 aromatic heterocycles. The summed E-state index contributed by atoms with van der Waals surface area (Å²) in [6.07, 6.45) is 1.50. The fourth-order valence-corrected chi connectivity index (χ4v) is 1.90. The van der Waals surface area contributed by atoms with Crippen LogP contribution in [0.4, 0.5) is 5.69 Å². The maximum atomic E-state index is 12.2. The minimum Gasteiger partial charge on any atom is -0.465 e. The Hall–Kier alpha value is -3.39. The van der Waals surface area contributed by atoms with Crippen LogP contribution in [-0.2, 0) is 9.53 Å². The molecular formula is C18H14N2O3. The van der Waals surface area contributed by atoms with E-state index >= 15 is 0 Å². The molecule has 1 amide bonds. The van der Waals surface area contributed by atoms with Crippen LogP contribution in [0.2, 0.25) is 0 Å². The van der Waals surface area contributed by atoms with Crippen LogP contribution in [-0.4, -0.2) is 19.0 Å². The molecule has 0 saturated carbocycles. The van der Waals surface area contributed by atoms with E-state index in [1.807, 2.05) is 24.3 Å². The van der Waals surface area contributed by atoms with E-state index in [9.17, 15) is 9.59 Å².